The summed E-state index contributed by atoms with van der Waals surface area (Å²) >= 11 is 0. The summed E-state index contributed by atoms with van der Waals surface area (Å²) in [5.74, 6) is -0.690. The molecule has 0 radical (unpaired) electrons. The van der Waals surface area contributed by atoms with Gasteiger partial charge in [0.15, 0.2) is 0 Å². The topological polar surface area (TPSA) is 46.5 Å². The number of aliphatic carboxylic acids is 1. The molecular formula is C19H14O3. The SMILES string of the molecule is COc1ccc2c(c1)-c1cc3ccccc3cc1C2C(=O)O. The molecule has 108 valence electrons. The molecule has 0 amide bonds. The molecule has 0 spiro atoms. The zero-order valence-electron chi connectivity index (χ0n) is 12.0. The molecule has 1 aliphatic carbocycles. The third kappa shape index (κ3) is 1.72. The molecule has 0 bridgehead atoms. The average Bonchev–Trinajstić information content (AvgIpc) is 2.85. The molecule has 1 atom stereocenters. The van der Waals surface area contributed by atoms with Crippen molar-refractivity contribution in [1.29, 1.82) is 0 Å². The van der Waals surface area contributed by atoms with Crippen molar-refractivity contribution in [2.45, 2.75) is 5.92 Å². The van der Waals surface area contributed by atoms with E-state index in [1.165, 1.54) is 0 Å². The fraction of sp³-hybridized carbons (Fsp3) is 0.105. The summed E-state index contributed by atoms with van der Waals surface area (Å²) in [6.45, 7) is 0. The monoisotopic (exact) mass is 290 g/mol. The quantitative estimate of drug-likeness (QED) is 0.774. The van der Waals surface area contributed by atoms with Crippen LogP contribution in [0.15, 0.2) is 54.6 Å². The van der Waals surface area contributed by atoms with E-state index >= 15 is 0 Å². The van der Waals surface area contributed by atoms with Crippen LogP contribution in [0.1, 0.15) is 17.0 Å². The molecular weight excluding hydrogens is 276 g/mol. The van der Waals surface area contributed by atoms with Gasteiger partial charge in [0.05, 0.1) is 7.11 Å². The Balaban J connectivity index is 2.06. The van der Waals surface area contributed by atoms with Crippen LogP contribution in [0.3, 0.4) is 0 Å². The van der Waals surface area contributed by atoms with E-state index in [0.717, 1.165) is 38.8 Å². The Morgan fingerprint density at radius 1 is 0.955 bits per heavy atom. The minimum absolute atomic E-state index is 0.611. The largest absolute Gasteiger partial charge is 0.497 e. The number of hydrogen-bond donors (Lipinski definition) is 1. The first-order valence-electron chi connectivity index (χ1n) is 7.13. The van der Waals surface area contributed by atoms with Crippen molar-refractivity contribution in [3.8, 4) is 16.9 Å². The Morgan fingerprint density at radius 3 is 2.32 bits per heavy atom. The highest BCUT2D eigenvalue weighted by atomic mass is 16.5. The molecule has 3 aromatic carbocycles. The number of rotatable bonds is 2. The fourth-order valence-corrected chi connectivity index (χ4v) is 3.31. The lowest BCUT2D eigenvalue weighted by Gasteiger charge is -2.09. The second-order valence-electron chi connectivity index (χ2n) is 5.51. The predicted octanol–water partition coefficient (Wildman–Crippen LogP) is 4.05. The lowest BCUT2D eigenvalue weighted by Crippen LogP contribution is -2.10. The lowest BCUT2D eigenvalue weighted by molar-refractivity contribution is -0.137. The first-order valence-corrected chi connectivity index (χ1v) is 7.13. The number of ether oxygens (including phenoxy) is 1. The van der Waals surface area contributed by atoms with Crippen molar-refractivity contribution >= 4 is 16.7 Å². The standard InChI is InChI=1S/C19H14O3/c1-22-13-6-7-14-16(10-13)15-8-11-4-2-3-5-12(11)9-17(15)18(14)19(20)21/h2-10,18H,1H3,(H,20,21). The van der Waals surface area contributed by atoms with Gasteiger partial charge in [0.2, 0.25) is 0 Å². The zero-order chi connectivity index (χ0) is 15.3. The minimum Gasteiger partial charge on any atom is -0.497 e. The summed E-state index contributed by atoms with van der Waals surface area (Å²) in [5, 5.41) is 11.8. The van der Waals surface area contributed by atoms with E-state index in [4.69, 9.17) is 4.74 Å². The van der Waals surface area contributed by atoms with Crippen LogP contribution < -0.4 is 4.74 Å². The van der Waals surface area contributed by atoms with Crippen LogP contribution in [0.2, 0.25) is 0 Å². The van der Waals surface area contributed by atoms with Gasteiger partial charge in [-0.2, -0.15) is 0 Å². The van der Waals surface area contributed by atoms with Crippen molar-refractivity contribution in [2.75, 3.05) is 7.11 Å². The van der Waals surface area contributed by atoms with Gasteiger partial charge in [-0.15, -0.1) is 0 Å². The molecule has 1 aliphatic rings. The van der Waals surface area contributed by atoms with Gasteiger partial charge in [0, 0.05) is 0 Å². The number of fused-ring (bicyclic) bond motifs is 4. The molecule has 0 saturated carbocycles. The predicted molar refractivity (Wildman–Crippen MR) is 85.4 cm³/mol. The smallest absolute Gasteiger partial charge is 0.315 e. The van der Waals surface area contributed by atoms with Crippen molar-refractivity contribution < 1.29 is 14.6 Å². The Hall–Kier alpha value is -2.81. The number of hydrogen-bond acceptors (Lipinski definition) is 2. The number of carbonyl (C=O) groups is 1. The Bertz CT molecular complexity index is 912. The van der Waals surface area contributed by atoms with Crippen LogP contribution >= 0.6 is 0 Å². The van der Waals surface area contributed by atoms with Crippen LogP contribution in [0.4, 0.5) is 0 Å². The molecule has 0 aromatic heterocycles. The van der Waals surface area contributed by atoms with Crippen LogP contribution in [-0.2, 0) is 4.79 Å². The van der Waals surface area contributed by atoms with Crippen LogP contribution in [0.5, 0.6) is 5.75 Å². The fourth-order valence-electron chi connectivity index (χ4n) is 3.31. The van der Waals surface area contributed by atoms with Crippen molar-refractivity contribution in [3.05, 3.63) is 65.7 Å². The number of carboxylic acids is 1. The highest BCUT2D eigenvalue weighted by Crippen LogP contribution is 2.47. The molecule has 1 unspecified atom stereocenters. The van der Waals surface area contributed by atoms with Crippen LogP contribution in [0, 0.1) is 0 Å². The second kappa shape index (κ2) is 4.60. The molecule has 0 fully saturated rings. The third-order valence-corrected chi connectivity index (χ3v) is 4.34. The van der Waals surface area contributed by atoms with E-state index in [-0.39, 0.29) is 0 Å². The van der Waals surface area contributed by atoms with Gasteiger partial charge in [0.1, 0.15) is 11.7 Å². The summed E-state index contributed by atoms with van der Waals surface area (Å²) in [4.78, 5) is 11.8. The Morgan fingerprint density at radius 2 is 1.64 bits per heavy atom. The van der Waals surface area contributed by atoms with E-state index in [1.807, 2.05) is 48.5 Å². The van der Waals surface area contributed by atoms with Crippen molar-refractivity contribution in [3.63, 3.8) is 0 Å². The first-order chi connectivity index (χ1) is 10.7. The van der Waals surface area contributed by atoms with Crippen molar-refractivity contribution in [1.82, 2.24) is 0 Å². The molecule has 22 heavy (non-hydrogen) atoms. The molecule has 0 aliphatic heterocycles. The highest BCUT2D eigenvalue weighted by molar-refractivity contribution is 5.98. The lowest BCUT2D eigenvalue weighted by atomic mass is 9.95. The first kappa shape index (κ1) is 12.9. The summed E-state index contributed by atoms with van der Waals surface area (Å²) in [5.41, 5.74) is 3.63. The molecule has 0 heterocycles. The van der Waals surface area contributed by atoms with Gasteiger partial charge in [-0.25, -0.2) is 0 Å². The minimum atomic E-state index is -0.819. The maximum Gasteiger partial charge on any atom is 0.315 e. The summed E-state index contributed by atoms with van der Waals surface area (Å²) in [6, 6.07) is 17.7. The van der Waals surface area contributed by atoms with Gasteiger partial charge in [-0.05, 0) is 57.3 Å². The number of carboxylic acid groups (broad SMARTS) is 1. The van der Waals surface area contributed by atoms with Gasteiger partial charge in [0.25, 0.3) is 0 Å². The normalized spacial score (nSPS) is 15.4. The average molecular weight is 290 g/mol. The van der Waals surface area contributed by atoms with Crippen LogP contribution in [-0.4, -0.2) is 18.2 Å². The Kier molecular flexibility index (Phi) is 2.70. The van der Waals surface area contributed by atoms with Gasteiger partial charge in [-0.1, -0.05) is 30.3 Å². The molecule has 3 heteroatoms. The van der Waals surface area contributed by atoms with Crippen molar-refractivity contribution in [2.24, 2.45) is 0 Å². The maximum atomic E-state index is 11.8. The highest BCUT2D eigenvalue weighted by Gasteiger charge is 2.34. The van der Waals surface area contributed by atoms with E-state index in [1.54, 1.807) is 7.11 Å². The molecule has 3 aromatic rings. The molecule has 1 N–H and O–H groups in total. The molecule has 3 nitrogen and oxygen atoms in total. The van der Waals surface area contributed by atoms with E-state index in [2.05, 4.69) is 6.07 Å². The number of methoxy groups -OCH3 is 1. The van der Waals surface area contributed by atoms with Gasteiger partial charge < -0.3 is 9.84 Å². The second-order valence-corrected chi connectivity index (χ2v) is 5.51. The molecule has 4 rings (SSSR count). The van der Waals surface area contributed by atoms with Crippen LogP contribution in [0.25, 0.3) is 21.9 Å². The van der Waals surface area contributed by atoms with E-state index < -0.39 is 11.9 Å². The third-order valence-electron chi connectivity index (χ3n) is 4.34. The van der Waals surface area contributed by atoms with E-state index in [0.29, 0.717) is 0 Å². The van der Waals surface area contributed by atoms with E-state index in [9.17, 15) is 9.90 Å². The number of benzene rings is 3. The Labute approximate surface area is 127 Å². The van der Waals surface area contributed by atoms with Gasteiger partial charge in [-0.3, -0.25) is 4.79 Å². The zero-order valence-corrected chi connectivity index (χ0v) is 12.0. The summed E-state index contributed by atoms with van der Waals surface area (Å²) in [6.07, 6.45) is 0. The van der Waals surface area contributed by atoms with Gasteiger partial charge >= 0.3 is 5.97 Å². The summed E-state index contributed by atoms with van der Waals surface area (Å²) in [7, 11) is 1.62. The summed E-state index contributed by atoms with van der Waals surface area (Å²) < 4.78 is 5.29. The molecule has 0 saturated heterocycles. The maximum absolute atomic E-state index is 11.8.